The van der Waals surface area contributed by atoms with E-state index in [-0.39, 0.29) is 0 Å². The first-order chi connectivity index (χ1) is 8.20. The highest BCUT2D eigenvalue weighted by molar-refractivity contribution is 5.71. The first kappa shape index (κ1) is 14.2. The molecule has 1 aromatic carbocycles. The fraction of sp³-hybridized carbons (Fsp3) is 0.300. The zero-order valence-corrected chi connectivity index (χ0v) is 8.67. The van der Waals surface area contributed by atoms with Crippen molar-refractivity contribution in [2.75, 3.05) is 0 Å². The number of carboxylic acid groups (broad SMARTS) is 1. The molecule has 0 heterocycles. The van der Waals surface area contributed by atoms with Gasteiger partial charge >= 0.3 is 12.3 Å². The Balaban J connectivity index is 3.25. The van der Waals surface area contributed by atoms with Crippen molar-refractivity contribution >= 4 is 5.97 Å². The Morgan fingerprint density at radius 1 is 1.33 bits per heavy atom. The van der Waals surface area contributed by atoms with Crippen molar-refractivity contribution < 1.29 is 36.6 Å². The summed E-state index contributed by atoms with van der Waals surface area (Å²) in [5, 5.41) is 8.49. The summed E-state index contributed by atoms with van der Waals surface area (Å²) in [6.07, 6.45) is -9.21. The predicted octanol–water partition coefficient (Wildman–Crippen LogP) is 3.15. The maximum absolute atomic E-state index is 12.5. The molecule has 1 N–H and O–H groups in total. The number of benzene rings is 1. The Kier molecular flexibility index (Phi) is 4.10. The Labute approximate surface area is 97.8 Å². The minimum absolute atomic E-state index is 0.461. The molecule has 0 spiro atoms. The molecular formula is C10H7F5O3. The van der Waals surface area contributed by atoms with E-state index in [0.29, 0.717) is 0 Å². The van der Waals surface area contributed by atoms with Gasteiger partial charge in [-0.25, -0.2) is 8.78 Å². The second-order valence-corrected chi connectivity index (χ2v) is 3.25. The van der Waals surface area contributed by atoms with Crippen molar-refractivity contribution in [3.8, 4) is 5.75 Å². The fourth-order valence-corrected chi connectivity index (χ4v) is 1.32. The number of carboxylic acids is 1. The zero-order chi connectivity index (χ0) is 13.9. The molecule has 0 saturated carbocycles. The highest BCUT2D eigenvalue weighted by Gasteiger charge is 2.34. The summed E-state index contributed by atoms with van der Waals surface area (Å²) in [5.74, 6) is -2.60. The first-order valence-corrected chi connectivity index (χ1v) is 4.58. The zero-order valence-electron chi connectivity index (χ0n) is 8.67. The minimum atomic E-state index is -5.17. The summed E-state index contributed by atoms with van der Waals surface area (Å²) in [5.41, 5.74) is -1.45. The van der Waals surface area contributed by atoms with Gasteiger partial charge in [0.05, 0.1) is 12.0 Å². The molecule has 0 aromatic heterocycles. The van der Waals surface area contributed by atoms with E-state index in [1.165, 1.54) is 0 Å². The van der Waals surface area contributed by atoms with Gasteiger partial charge in [0.2, 0.25) is 0 Å². The van der Waals surface area contributed by atoms with E-state index in [4.69, 9.17) is 5.11 Å². The number of hydrogen-bond acceptors (Lipinski definition) is 2. The third-order valence-corrected chi connectivity index (χ3v) is 1.92. The van der Waals surface area contributed by atoms with Crippen LogP contribution in [0.25, 0.3) is 0 Å². The molecule has 0 aliphatic rings. The van der Waals surface area contributed by atoms with E-state index in [2.05, 4.69) is 4.74 Å². The lowest BCUT2D eigenvalue weighted by atomic mass is 10.1. The van der Waals surface area contributed by atoms with E-state index >= 15 is 0 Å². The van der Waals surface area contributed by atoms with Gasteiger partial charge in [-0.1, -0.05) is 12.1 Å². The molecule has 0 atom stereocenters. The van der Waals surface area contributed by atoms with Crippen LogP contribution >= 0.6 is 0 Å². The van der Waals surface area contributed by atoms with Crippen LogP contribution in [0, 0.1) is 0 Å². The molecular weight excluding hydrogens is 263 g/mol. The normalized spacial score (nSPS) is 11.7. The first-order valence-electron chi connectivity index (χ1n) is 4.58. The molecule has 100 valence electrons. The molecule has 8 heteroatoms. The number of halogens is 5. The van der Waals surface area contributed by atoms with Crippen LogP contribution < -0.4 is 4.74 Å². The van der Waals surface area contributed by atoms with Gasteiger partial charge in [0.1, 0.15) is 5.75 Å². The Morgan fingerprint density at radius 2 is 1.94 bits per heavy atom. The van der Waals surface area contributed by atoms with E-state index in [1.54, 1.807) is 0 Å². The van der Waals surface area contributed by atoms with Gasteiger partial charge in [-0.2, -0.15) is 0 Å². The summed E-state index contributed by atoms with van der Waals surface area (Å²) in [4.78, 5) is 10.4. The topological polar surface area (TPSA) is 46.5 Å². The van der Waals surface area contributed by atoms with E-state index in [0.717, 1.165) is 18.2 Å². The van der Waals surface area contributed by atoms with Crippen LogP contribution in [-0.4, -0.2) is 17.4 Å². The summed E-state index contributed by atoms with van der Waals surface area (Å²) in [6, 6.07) is 2.78. The Bertz CT molecular complexity index is 442. The van der Waals surface area contributed by atoms with Crippen LogP contribution in [0.4, 0.5) is 22.0 Å². The number of ether oxygens (including phenoxy) is 1. The van der Waals surface area contributed by atoms with Crippen molar-refractivity contribution in [1.82, 2.24) is 0 Å². The van der Waals surface area contributed by atoms with Crippen LogP contribution in [0.15, 0.2) is 18.2 Å². The SMILES string of the molecule is O=C(O)Cc1cccc(C(F)F)c1OC(F)(F)F. The van der Waals surface area contributed by atoms with Crippen molar-refractivity contribution in [1.29, 1.82) is 0 Å². The lowest BCUT2D eigenvalue weighted by molar-refractivity contribution is -0.275. The minimum Gasteiger partial charge on any atom is -0.481 e. The Morgan fingerprint density at radius 3 is 2.39 bits per heavy atom. The highest BCUT2D eigenvalue weighted by Crippen LogP contribution is 2.36. The van der Waals surface area contributed by atoms with Crippen molar-refractivity contribution in [2.24, 2.45) is 0 Å². The van der Waals surface area contributed by atoms with Gasteiger partial charge in [-0.05, 0) is 6.07 Å². The van der Waals surface area contributed by atoms with Crippen LogP contribution in [0.2, 0.25) is 0 Å². The van der Waals surface area contributed by atoms with Gasteiger partial charge in [0.25, 0.3) is 6.43 Å². The summed E-state index contributed by atoms with van der Waals surface area (Å²) < 4.78 is 64.8. The van der Waals surface area contributed by atoms with Gasteiger partial charge in [0.15, 0.2) is 0 Å². The maximum Gasteiger partial charge on any atom is 0.573 e. The lowest BCUT2D eigenvalue weighted by Crippen LogP contribution is -2.20. The number of alkyl halides is 5. The molecule has 1 aromatic rings. The fourth-order valence-electron chi connectivity index (χ4n) is 1.32. The summed E-state index contributed by atoms with van der Waals surface area (Å²) >= 11 is 0. The third-order valence-electron chi connectivity index (χ3n) is 1.92. The van der Waals surface area contributed by atoms with E-state index in [1.807, 2.05) is 0 Å². The van der Waals surface area contributed by atoms with Crippen molar-refractivity contribution in [3.05, 3.63) is 29.3 Å². The molecule has 1 rings (SSSR count). The summed E-state index contributed by atoms with van der Waals surface area (Å²) in [6.45, 7) is 0. The van der Waals surface area contributed by atoms with Gasteiger partial charge in [-0.3, -0.25) is 4.79 Å². The molecule has 0 amide bonds. The largest absolute Gasteiger partial charge is 0.573 e. The molecule has 0 aliphatic heterocycles. The molecule has 0 bridgehead atoms. The molecule has 0 aliphatic carbocycles. The maximum atomic E-state index is 12.5. The van der Waals surface area contributed by atoms with Crippen molar-refractivity contribution in [2.45, 2.75) is 19.2 Å². The monoisotopic (exact) mass is 270 g/mol. The number of para-hydroxylation sites is 1. The van der Waals surface area contributed by atoms with Gasteiger partial charge < -0.3 is 9.84 Å². The van der Waals surface area contributed by atoms with E-state index in [9.17, 15) is 26.7 Å². The molecule has 0 unspecified atom stereocenters. The Hall–Kier alpha value is -1.86. The number of carbonyl (C=O) groups is 1. The number of hydrogen-bond donors (Lipinski definition) is 1. The molecule has 3 nitrogen and oxygen atoms in total. The molecule has 0 saturated heterocycles. The van der Waals surface area contributed by atoms with Gasteiger partial charge in [-0.15, -0.1) is 13.2 Å². The number of aliphatic carboxylic acids is 1. The highest BCUT2D eigenvalue weighted by atomic mass is 19.4. The number of rotatable bonds is 4. The summed E-state index contributed by atoms with van der Waals surface area (Å²) in [7, 11) is 0. The second kappa shape index (κ2) is 5.19. The van der Waals surface area contributed by atoms with E-state index < -0.39 is 42.1 Å². The van der Waals surface area contributed by atoms with Crippen LogP contribution in [0.1, 0.15) is 17.6 Å². The van der Waals surface area contributed by atoms with Crippen molar-refractivity contribution in [3.63, 3.8) is 0 Å². The second-order valence-electron chi connectivity index (χ2n) is 3.25. The third kappa shape index (κ3) is 3.86. The predicted molar refractivity (Wildman–Crippen MR) is 49.4 cm³/mol. The van der Waals surface area contributed by atoms with Crippen LogP contribution in [-0.2, 0) is 11.2 Å². The quantitative estimate of drug-likeness (QED) is 0.855. The molecule has 0 radical (unpaired) electrons. The standard InChI is InChI=1S/C10H7F5O3/c11-9(12)6-3-1-2-5(4-7(16)17)8(6)18-10(13,14)15/h1-3,9H,4H2,(H,16,17). The van der Waals surface area contributed by atoms with Crippen LogP contribution in [0.3, 0.4) is 0 Å². The van der Waals surface area contributed by atoms with Gasteiger partial charge in [0, 0.05) is 5.56 Å². The molecule has 18 heavy (non-hydrogen) atoms. The molecule has 0 fully saturated rings. The average molecular weight is 270 g/mol. The smallest absolute Gasteiger partial charge is 0.481 e. The van der Waals surface area contributed by atoms with Crippen LogP contribution in [0.5, 0.6) is 5.75 Å². The average Bonchev–Trinajstić information content (AvgIpc) is 2.17. The lowest BCUT2D eigenvalue weighted by Gasteiger charge is -2.16.